The Balaban J connectivity index is 1.78. The summed E-state index contributed by atoms with van der Waals surface area (Å²) in [7, 11) is 0. The van der Waals surface area contributed by atoms with Crippen LogP contribution in [0.5, 0.6) is 0 Å². The quantitative estimate of drug-likeness (QED) is 0.533. The van der Waals surface area contributed by atoms with Crippen molar-refractivity contribution in [1.29, 1.82) is 0 Å². The van der Waals surface area contributed by atoms with Crippen molar-refractivity contribution < 1.29 is 4.92 Å². The maximum atomic E-state index is 12.5. The van der Waals surface area contributed by atoms with Gasteiger partial charge in [0.05, 0.1) is 4.92 Å². The van der Waals surface area contributed by atoms with E-state index in [9.17, 15) is 14.9 Å². The van der Waals surface area contributed by atoms with Gasteiger partial charge in [0.2, 0.25) is 5.82 Å². The average Bonchev–Trinajstić information content (AvgIpc) is 3.16. The molecule has 0 radical (unpaired) electrons. The standard InChI is InChI=1S/C17H14N4O3S/c22-17-15(21(23)24)16(18-14-5-1-2-8-20(14)17)19-9-6-12(7-10-19)13-4-3-11-25-13/h1-6,8,11H,7,9-10H2. The summed E-state index contributed by atoms with van der Waals surface area (Å²) in [5.41, 5.74) is 0.503. The molecule has 0 atom stereocenters. The molecule has 4 heterocycles. The van der Waals surface area contributed by atoms with E-state index in [1.807, 2.05) is 17.5 Å². The number of hydrogen-bond donors (Lipinski definition) is 0. The molecular formula is C17H14N4O3S. The molecule has 3 aromatic rings. The smallest absolute Gasteiger partial charge is 0.347 e. The summed E-state index contributed by atoms with van der Waals surface area (Å²) in [4.78, 5) is 30.8. The zero-order chi connectivity index (χ0) is 17.4. The number of nitrogens with zero attached hydrogens (tertiary/aromatic N) is 4. The molecule has 25 heavy (non-hydrogen) atoms. The van der Waals surface area contributed by atoms with E-state index in [1.54, 1.807) is 34.4 Å². The maximum absolute atomic E-state index is 12.5. The van der Waals surface area contributed by atoms with E-state index in [1.165, 1.54) is 21.0 Å². The molecule has 0 bridgehead atoms. The molecule has 0 saturated carbocycles. The van der Waals surface area contributed by atoms with Crippen LogP contribution in [0, 0.1) is 10.1 Å². The predicted molar refractivity (Wildman–Crippen MR) is 97.2 cm³/mol. The summed E-state index contributed by atoms with van der Waals surface area (Å²) < 4.78 is 1.21. The third-order valence-corrected chi connectivity index (χ3v) is 5.17. The topological polar surface area (TPSA) is 80.8 Å². The first-order valence-corrected chi connectivity index (χ1v) is 8.67. The first kappa shape index (κ1) is 15.5. The Morgan fingerprint density at radius 2 is 2.12 bits per heavy atom. The number of anilines is 1. The number of fused-ring (bicyclic) bond motifs is 1. The van der Waals surface area contributed by atoms with Crippen LogP contribution in [0.3, 0.4) is 0 Å². The van der Waals surface area contributed by atoms with Crippen molar-refractivity contribution in [3.63, 3.8) is 0 Å². The van der Waals surface area contributed by atoms with E-state index in [0.29, 0.717) is 18.7 Å². The van der Waals surface area contributed by atoms with Crippen LogP contribution in [0.25, 0.3) is 11.2 Å². The number of rotatable bonds is 3. The van der Waals surface area contributed by atoms with E-state index in [0.717, 1.165) is 6.42 Å². The number of thiophene rings is 1. The van der Waals surface area contributed by atoms with Crippen LogP contribution in [-0.2, 0) is 0 Å². The second-order valence-corrected chi connectivity index (χ2v) is 6.63. The molecule has 0 N–H and O–H groups in total. The molecule has 7 nitrogen and oxygen atoms in total. The molecule has 8 heteroatoms. The van der Waals surface area contributed by atoms with Gasteiger partial charge in [0, 0.05) is 24.2 Å². The Bertz CT molecular complexity index is 1040. The van der Waals surface area contributed by atoms with E-state index < -0.39 is 16.2 Å². The molecule has 3 aromatic heterocycles. The van der Waals surface area contributed by atoms with Gasteiger partial charge in [0.1, 0.15) is 5.65 Å². The molecule has 126 valence electrons. The number of aromatic nitrogens is 2. The molecule has 0 spiro atoms. The first-order chi connectivity index (χ1) is 12.1. The van der Waals surface area contributed by atoms with Crippen LogP contribution in [-0.4, -0.2) is 27.4 Å². The van der Waals surface area contributed by atoms with Gasteiger partial charge in [-0.2, -0.15) is 0 Å². The highest BCUT2D eigenvalue weighted by atomic mass is 32.1. The van der Waals surface area contributed by atoms with Gasteiger partial charge in [-0.15, -0.1) is 11.3 Å². The van der Waals surface area contributed by atoms with Gasteiger partial charge in [0.25, 0.3) is 0 Å². The summed E-state index contributed by atoms with van der Waals surface area (Å²) in [6, 6.07) is 9.14. The minimum atomic E-state index is -0.654. The van der Waals surface area contributed by atoms with Gasteiger partial charge >= 0.3 is 11.2 Å². The molecule has 0 fully saturated rings. The zero-order valence-corrected chi connectivity index (χ0v) is 14.0. The Hall–Kier alpha value is -3.00. The zero-order valence-electron chi connectivity index (χ0n) is 13.2. The molecule has 4 rings (SSSR count). The van der Waals surface area contributed by atoms with Crippen LogP contribution in [0.1, 0.15) is 11.3 Å². The van der Waals surface area contributed by atoms with Gasteiger partial charge in [-0.3, -0.25) is 19.3 Å². The summed E-state index contributed by atoms with van der Waals surface area (Å²) in [5.74, 6) is 0.141. The second-order valence-electron chi connectivity index (χ2n) is 5.68. The van der Waals surface area contributed by atoms with E-state index in [-0.39, 0.29) is 5.82 Å². The summed E-state index contributed by atoms with van der Waals surface area (Å²) in [5, 5.41) is 13.5. The van der Waals surface area contributed by atoms with Crippen molar-refractivity contribution in [2.75, 3.05) is 18.0 Å². The third-order valence-electron chi connectivity index (χ3n) is 4.22. The van der Waals surface area contributed by atoms with E-state index >= 15 is 0 Å². The Morgan fingerprint density at radius 3 is 2.80 bits per heavy atom. The van der Waals surface area contributed by atoms with Gasteiger partial charge < -0.3 is 4.90 Å². The number of hydrogen-bond acceptors (Lipinski definition) is 6. The minimum Gasteiger partial charge on any atom is -0.347 e. The van der Waals surface area contributed by atoms with Crippen molar-refractivity contribution in [2.24, 2.45) is 0 Å². The normalized spacial score (nSPS) is 14.6. The Labute approximate surface area is 146 Å². The fourth-order valence-corrected chi connectivity index (χ4v) is 3.79. The summed E-state index contributed by atoms with van der Waals surface area (Å²) in [6.45, 7) is 1.07. The lowest BCUT2D eigenvalue weighted by Crippen LogP contribution is -2.32. The third kappa shape index (κ3) is 2.70. The maximum Gasteiger partial charge on any atom is 0.376 e. The summed E-state index contributed by atoms with van der Waals surface area (Å²) >= 11 is 1.67. The highest BCUT2D eigenvalue weighted by Gasteiger charge is 2.28. The van der Waals surface area contributed by atoms with Crippen molar-refractivity contribution in [2.45, 2.75) is 6.42 Å². The van der Waals surface area contributed by atoms with Crippen LogP contribution < -0.4 is 10.5 Å². The van der Waals surface area contributed by atoms with Gasteiger partial charge in [-0.25, -0.2) is 4.98 Å². The molecule has 0 unspecified atom stereocenters. The largest absolute Gasteiger partial charge is 0.376 e. The lowest BCUT2D eigenvalue weighted by molar-refractivity contribution is -0.385. The highest BCUT2D eigenvalue weighted by Crippen LogP contribution is 2.30. The van der Waals surface area contributed by atoms with Crippen molar-refractivity contribution in [3.05, 3.63) is 73.3 Å². The lowest BCUT2D eigenvalue weighted by Gasteiger charge is -2.26. The fraction of sp³-hybridized carbons (Fsp3) is 0.176. The monoisotopic (exact) mass is 354 g/mol. The van der Waals surface area contributed by atoms with Crippen LogP contribution in [0.4, 0.5) is 11.5 Å². The van der Waals surface area contributed by atoms with E-state index in [4.69, 9.17) is 0 Å². The second kappa shape index (κ2) is 6.14. The van der Waals surface area contributed by atoms with E-state index in [2.05, 4.69) is 11.1 Å². The Morgan fingerprint density at radius 1 is 1.24 bits per heavy atom. The van der Waals surface area contributed by atoms with Gasteiger partial charge in [-0.05, 0) is 35.6 Å². The molecular weight excluding hydrogens is 340 g/mol. The SMILES string of the molecule is O=c1c([N+](=O)[O-])c(N2CC=C(c3cccs3)CC2)nc2ccccn12. The van der Waals surface area contributed by atoms with Crippen LogP contribution >= 0.6 is 11.3 Å². The predicted octanol–water partition coefficient (Wildman–Crippen LogP) is 2.96. The van der Waals surface area contributed by atoms with Crippen molar-refractivity contribution in [1.82, 2.24) is 9.38 Å². The van der Waals surface area contributed by atoms with Crippen molar-refractivity contribution in [3.8, 4) is 0 Å². The molecule has 0 saturated heterocycles. The minimum absolute atomic E-state index is 0.141. The van der Waals surface area contributed by atoms with Crippen LogP contribution in [0.15, 0.2) is 52.8 Å². The van der Waals surface area contributed by atoms with Gasteiger partial charge in [-0.1, -0.05) is 18.2 Å². The lowest BCUT2D eigenvalue weighted by atomic mass is 10.1. The number of pyridine rings is 1. The van der Waals surface area contributed by atoms with Gasteiger partial charge in [0.15, 0.2) is 0 Å². The first-order valence-electron chi connectivity index (χ1n) is 7.79. The summed E-state index contributed by atoms with van der Waals surface area (Å²) in [6.07, 6.45) is 4.30. The molecule has 1 aliphatic rings. The molecule has 1 aliphatic heterocycles. The van der Waals surface area contributed by atoms with Crippen LogP contribution in [0.2, 0.25) is 0 Å². The number of nitro groups is 1. The fourth-order valence-electron chi connectivity index (χ4n) is 2.99. The van der Waals surface area contributed by atoms with Crippen molar-refractivity contribution >= 4 is 34.1 Å². The molecule has 0 aromatic carbocycles. The molecule has 0 aliphatic carbocycles. The highest BCUT2D eigenvalue weighted by molar-refractivity contribution is 7.11. The average molecular weight is 354 g/mol. The Kier molecular flexibility index (Phi) is 3.81. The molecule has 0 amide bonds.